The van der Waals surface area contributed by atoms with Crippen LogP contribution in [-0.4, -0.2) is 35.7 Å². The molecule has 4 rings (SSSR count). The lowest BCUT2D eigenvalue weighted by Gasteiger charge is -2.08. The Hall–Kier alpha value is -3.44. The summed E-state index contributed by atoms with van der Waals surface area (Å²) in [5, 5.41) is 22.8. The van der Waals surface area contributed by atoms with Crippen molar-refractivity contribution in [3.63, 3.8) is 0 Å². The van der Waals surface area contributed by atoms with Crippen LogP contribution in [0.25, 0.3) is 16.7 Å². The SMILES string of the molecule is Cn1c(=O)c2ccccc2n2c(SCC(=O)Nc3cc([N+](=O)[O-])ccc3Cl)nnc12. The van der Waals surface area contributed by atoms with Crippen LogP contribution < -0.4 is 10.9 Å². The molecule has 0 aliphatic heterocycles. The summed E-state index contributed by atoms with van der Waals surface area (Å²) in [6.45, 7) is 0. The third kappa shape index (κ3) is 3.48. The normalized spacial score (nSPS) is 11.1. The number of aryl methyl sites for hydroxylation is 1. The molecule has 0 radical (unpaired) electrons. The Morgan fingerprint density at radius 1 is 1.27 bits per heavy atom. The summed E-state index contributed by atoms with van der Waals surface area (Å²) < 4.78 is 3.09. The van der Waals surface area contributed by atoms with E-state index in [1.54, 1.807) is 35.7 Å². The van der Waals surface area contributed by atoms with Crippen LogP contribution in [0.4, 0.5) is 11.4 Å². The quantitative estimate of drug-likeness (QED) is 0.285. The monoisotopic (exact) mass is 444 g/mol. The topological polar surface area (TPSA) is 124 Å². The predicted octanol–water partition coefficient (Wildman–Crippen LogP) is 2.87. The van der Waals surface area contributed by atoms with Gasteiger partial charge in [-0.1, -0.05) is 35.5 Å². The molecular formula is C18H13ClN6O4S. The molecular weight excluding hydrogens is 432 g/mol. The van der Waals surface area contributed by atoms with Crippen LogP contribution in [0.5, 0.6) is 0 Å². The number of amides is 1. The van der Waals surface area contributed by atoms with Crippen LogP contribution in [0, 0.1) is 10.1 Å². The van der Waals surface area contributed by atoms with Crippen LogP contribution in [0.2, 0.25) is 5.02 Å². The van der Waals surface area contributed by atoms with Gasteiger partial charge >= 0.3 is 0 Å². The van der Waals surface area contributed by atoms with Gasteiger partial charge in [-0.25, -0.2) is 0 Å². The number of nitrogens with one attached hydrogen (secondary N) is 1. The van der Waals surface area contributed by atoms with E-state index in [2.05, 4.69) is 15.5 Å². The average molecular weight is 445 g/mol. The molecule has 0 aliphatic rings. The average Bonchev–Trinajstić information content (AvgIpc) is 3.16. The zero-order valence-electron chi connectivity index (χ0n) is 15.4. The number of thioether (sulfide) groups is 1. The molecule has 0 aliphatic carbocycles. The van der Waals surface area contributed by atoms with Gasteiger partial charge < -0.3 is 5.32 Å². The van der Waals surface area contributed by atoms with Crippen molar-refractivity contribution < 1.29 is 9.72 Å². The fraction of sp³-hybridized carbons (Fsp3) is 0.111. The lowest BCUT2D eigenvalue weighted by atomic mass is 10.2. The lowest BCUT2D eigenvalue weighted by Crippen LogP contribution is -2.20. The van der Waals surface area contributed by atoms with Crippen molar-refractivity contribution >= 4 is 57.3 Å². The summed E-state index contributed by atoms with van der Waals surface area (Å²) in [6, 6.07) is 10.9. The number of aromatic nitrogens is 4. The van der Waals surface area contributed by atoms with Crippen molar-refractivity contribution in [1.82, 2.24) is 19.2 Å². The maximum absolute atomic E-state index is 12.5. The number of nitro benzene ring substituents is 1. The molecule has 0 saturated carbocycles. The van der Waals surface area contributed by atoms with Crippen LogP contribution in [0.15, 0.2) is 52.4 Å². The Labute approximate surface area is 177 Å². The number of halogens is 1. The number of rotatable bonds is 5. The van der Waals surface area contributed by atoms with Crippen molar-refractivity contribution in [2.75, 3.05) is 11.1 Å². The molecule has 0 fully saturated rings. The number of non-ortho nitro benzene ring substituents is 1. The molecule has 2 aromatic carbocycles. The minimum absolute atomic E-state index is 0.0447. The minimum atomic E-state index is -0.571. The number of fused-ring (bicyclic) bond motifs is 3. The molecule has 0 spiro atoms. The van der Waals surface area contributed by atoms with Crippen molar-refractivity contribution in [1.29, 1.82) is 0 Å². The molecule has 2 heterocycles. The van der Waals surface area contributed by atoms with Gasteiger partial charge in [-0.2, -0.15) is 0 Å². The number of hydrogen-bond donors (Lipinski definition) is 1. The van der Waals surface area contributed by atoms with Gasteiger partial charge in [-0.05, 0) is 18.2 Å². The lowest BCUT2D eigenvalue weighted by molar-refractivity contribution is -0.384. The number of anilines is 1. The Bertz CT molecular complexity index is 1380. The highest BCUT2D eigenvalue weighted by Gasteiger charge is 2.17. The second-order valence-electron chi connectivity index (χ2n) is 6.26. The molecule has 1 amide bonds. The first kappa shape index (κ1) is 19.9. The highest BCUT2D eigenvalue weighted by molar-refractivity contribution is 7.99. The number of benzene rings is 2. The first-order valence-electron chi connectivity index (χ1n) is 8.56. The van der Waals surface area contributed by atoms with Crippen molar-refractivity contribution in [2.24, 2.45) is 7.05 Å². The van der Waals surface area contributed by atoms with Gasteiger partial charge in [0.05, 0.1) is 32.3 Å². The van der Waals surface area contributed by atoms with Gasteiger partial charge in [0.15, 0.2) is 5.16 Å². The summed E-state index contributed by atoms with van der Waals surface area (Å²) in [4.78, 5) is 35.2. The predicted molar refractivity (Wildman–Crippen MR) is 113 cm³/mol. The molecule has 2 aromatic heterocycles. The zero-order chi connectivity index (χ0) is 21.4. The summed E-state index contributed by atoms with van der Waals surface area (Å²) in [5.41, 5.74) is 0.402. The number of hydrogen-bond acceptors (Lipinski definition) is 7. The van der Waals surface area contributed by atoms with Crippen LogP contribution in [-0.2, 0) is 11.8 Å². The molecule has 0 unspecified atom stereocenters. The number of nitro groups is 1. The van der Waals surface area contributed by atoms with E-state index in [9.17, 15) is 19.7 Å². The molecule has 0 bridgehead atoms. The fourth-order valence-electron chi connectivity index (χ4n) is 2.94. The Morgan fingerprint density at radius 3 is 2.80 bits per heavy atom. The van der Waals surface area contributed by atoms with Gasteiger partial charge in [-0.15, -0.1) is 10.2 Å². The van der Waals surface area contributed by atoms with Crippen molar-refractivity contribution in [2.45, 2.75) is 5.16 Å². The minimum Gasteiger partial charge on any atom is -0.324 e. The Balaban J connectivity index is 1.60. The summed E-state index contributed by atoms with van der Waals surface area (Å²) >= 11 is 7.13. The summed E-state index contributed by atoms with van der Waals surface area (Å²) in [6.07, 6.45) is 0. The highest BCUT2D eigenvalue weighted by Crippen LogP contribution is 2.27. The molecule has 152 valence electrons. The zero-order valence-corrected chi connectivity index (χ0v) is 17.0. The van der Waals surface area contributed by atoms with E-state index in [0.717, 1.165) is 11.8 Å². The van der Waals surface area contributed by atoms with Gasteiger partial charge in [0.2, 0.25) is 11.7 Å². The van der Waals surface area contributed by atoms with E-state index in [0.29, 0.717) is 21.8 Å². The molecule has 0 saturated heterocycles. The first-order valence-corrected chi connectivity index (χ1v) is 9.92. The van der Waals surface area contributed by atoms with Gasteiger partial charge in [0.25, 0.3) is 11.2 Å². The van der Waals surface area contributed by atoms with Gasteiger partial charge in [0.1, 0.15) is 0 Å². The number of nitrogens with zero attached hydrogens (tertiary/aromatic N) is 5. The largest absolute Gasteiger partial charge is 0.324 e. The Morgan fingerprint density at radius 2 is 2.03 bits per heavy atom. The third-order valence-corrected chi connectivity index (χ3v) is 5.62. The van der Waals surface area contributed by atoms with Gasteiger partial charge in [-0.3, -0.25) is 28.7 Å². The van der Waals surface area contributed by atoms with Crippen molar-refractivity contribution in [3.8, 4) is 0 Å². The van der Waals surface area contributed by atoms with Crippen molar-refractivity contribution in [3.05, 3.63) is 68.0 Å². The van der Waals surface area contributed by atoms with E-state index in [1.807, 2.05) is 0 Å². The van der Waals surface area contributed by atoms with E-state index in [-0.39, 0.29) is 27.7 Å². The van der Waals surface area contributed by atoms with E-state index in [4.69, 9.17) is 11.6 Å². The molecule has 10 nitrogen and oxygen atoms in total. The number of carbonyl (C=O) groups is 1. The molecule has 4 aromatic rings. The number of para-hydroxylation sites is 1. The second-order valence-corrected chi connectivity index (χ2v) is 7.61. The third-order valence-electron chi connectivity index (χ3n) is 4.36. The fourth-order valence-corrected chi connectivity index (χ4v) is 3.85. The van der Waals surface area contributed by atoms with Gasteiger partial charge in [0, 0.05) is 19.2 Å². The van der Waals surface area contributed by atoms with Crippen LogP contribution in [0.3, 0.4) is 0 Å². The number of carbonyl (C=O) groups excluding carboxylic acids is 1. The second kappa shape index (κ2) is 7.76. The molecule has 12 heteroatoms. The standard InChI is InChI=1S/C18H13ClN6O4S/c1-23-16(27)11-4-2-3-5-14(11)24-17(23)21-22-18(24)30-9-15(26)20-13-8-10(25(28)29)6-7-12(13)19/h2-8H,9H2,1H3,(H,20,26). The summed E-state index contributed by atoms with van der Waals surface area (Å²) in [7, 11) is 1.60. The van der Waals surface area contributed by atoms with E-state index in [1.165, 1.54) is 22.8 Å². The van der Waals surface area contributed by atoms with E-state index >= 15 is 0 Å². The smallest absolute Gasteiger partial charge is 0.271 e. The maximum atomic E-state index is 12.5. The first-order chi connectivity index (χ1) is 14.4. The summed E-state index contributed by atoms with van der Waals surface area (Å²) in [5.74, 6) is -0.117. The van der Waals surface area contributed by atoms with E-state index < -0.39 is 10.8 Å². The highest BCUT2D eigenvalue weighted by atomic mass is 35.5. The molecule has 1 N–H and O–H groups in total. The Kier molecular flexibility index (Phi) is 5.14. The van der Waals surface area contributed by atoms with Crippen LogP contribution in [0.1, 0.15) is 0 Å². The molecule has 0 atom stereocenters. The molecule has 30 heavy (non-hydrogen) atoms. The van der Waals surface area contributed by atoms with Crippen LogP contribution >= 0.6 is 23.4 Å². The maximum Gasteiger partial charge on any atom is 0.271 e.